The van der Waals surface area contributed by atoms with Crippen LogP contribution in [0.3, 0.4) is 0 Å². The van der Waals surface area contributed by atoms with Crippen molar-refractivity contribution in [3.63, 3.8) is 0 Å². The first-order valence-corrected chi connectivity index (χ1v) is 6.80. The maximum absolute atomic E-state index is 13.3. The van der Waals surface area contributed by atoms with Crippen LogP contribution in [0.1, 0.15) is 27.0 Å². The first-order chi connectivity index (χ1) is 10.0. The topological polar surface area (TPSA) is 46.3 Å². The van der Waals surface area contributed by atoms with Gasteiger partial charge in [-0.1, -0.05) is 30.3 Å². The third-order valence-corrected chi connectivity index (χ3v) is 3.42. The lowest BCUT2D eigenvalue weighted by atomic mass is 10.1. The van der Waals surface area contributed by atoms with Crippen molar-refractivity contribution in [2.24, 2.45) is 5.73 Å². The highest BCUT2D eigenvalue weighted by Gasteiger charge is 2.15. The number of nitrogens with two attached hydrogens (primary N) is 1. The summed E-state index contributed by atoms with van der Waals surface area (Å²) >= 11 is 0. The van der Waals surface area contributed by atoms with Gasteiger partial charge in [0, 0.05) is 25.7 Å². The molecule has 0 heterocycles. The van der Waals surface area contributed by atoms with E-state index >= 15 is 0 Å². The van der Waals surface area contributed by atoms with E-state index in [1.165, 1.54) is 12.1 Å². The van der Waals surface area contributed by atoms with E-state index in [2.05, 4.69) is 0 Å². The van der Waals surface area contributed by atoms with Crippen molar-refractivity contribution < 1.29 is 9.18 Å². The van der Waals surface area contributed by atoms with Crippen molar-refractivity contribution in [1.82, 2.24) is 4.90 Å². The van der Waals surface area contributed by atoms with Gasteiger partial charge in [0.1, 0.15) is 5.82 Å². The Hall–Kier alpha value is -2.20. The molecule has 0 aliphatic rings. The molecule has 2 aromatic rings. The number of carbonyl (C=O) groups is 1. The third-order valence-electron chi connectivity index (χ3n) is 3.42. The lowest BCUT2D eigenvalue weighted by Crippen LogP contribution is -2.27. The van der Waals surface area contributed by atoms with E-state index in [9.17, 15) is 9.18 Å². The third kappa shape index (κ3) is 3.67. The maximum atomic E-state index is 13.3. The Kier molecular flexibility index (Phi) is 4.70. The van der Waals surface area contributed by atoms with Crippen LogP contribution in [0.25, 0.3) is 0 Å². The Labute approximate surface area is 124 Å². The van der Waals surface area contributed by atoms with Crippen LogP contribution in [0, 0.1) is 12.7 Å². The Morgan fingerprint density at radius 1 is 1.19 bits per heavy atom. The number of hydrogen-bond donors (Lipinski definition) is 1. The molecule has 2 aromatic carbocycles. The number of aryl methyl sites for hydroxylation is 1. The summed E-state index contributed by atoms with van der Waals surface area (Å²) in [4.78, 5) is 14.0. The van der Waals surface area contributed by atoms with Crippen LogP contribution < -0.4 is 5.73 Å². The SMILES string of the molecule is Cc1ccc(F)cc1C(=O)N(C)Cc1cccc(CN)c1. The molecule has 0 aromatic heterocycles. The van der Waals surface area contributed by atoms with Crippen LogP contribution in [-0.2, 0) is 13.1 Å². The molecule has 2 N–H and O–H groups in total. The monoisotopic (exact) mass is 286 g/mol. The van der Waals surface area contributed by atoms with E-state index in [4.69, 9.17) is 5.73 Å². The minimum atomic E-state index is -0.400. The Morgan fingerprint density at radius 3 is 2.62 bits per heavy atom. The van der Waals surface area contributed by atoms with Crippen molar-refractivity contribution in [2.75, 3.05) is 7.05 Å². The second-order valence-electron chi connectivity index (χ2n) is 5.14. The summed E-state index contributed by atoms with van der Waals surface area (Å²) in [5, 5.41) is 0. The van der Waals surface area contributed by atoms with Gasteiger partial charge >= 0.3 is 0 Å². The molecule has 1 amide bonds. The molecule has 0 saturated heterocycles. The van der Waals surface area contributed by atoms with Gasteiger partial charge in [-0.05, 0) is 35.7 Å². The van der Waals surface area contributed by atoms with Gasteiger partial charge in [0.15, 0.2) is 0 Å². The molecule has 0 fully saturated rings. The lowest BCUT2D eigenvalue weighted by Gasteiger charge is -2.19. The number of carbonyl (C=O) groups excluding carboxylic acids is 1. The number of hydrogen-bond acceptors (Lipinski definition) is 2. The summed E-state index contributed by atoms with van der Waals surface area (Å²) < 4.78 is 13.3. The summed E-state index contributed by atoms with van der Waals surface area (Å²) in [5.41, 5.74) is 8.80. The molecular formula is C17H19FN2O. The average Bonchev–Trinajstić information content (AvgIpc) is 2.49. The van der Waals surface area contributed by atoms with Crippen LogP contribution >= 0.6 is 0 Å². The smallest absolute Gasteiger partial charge is 0.254 e. The second kappa shape index (κ2) is 6.50. The predicted molar refractivity (Wildman–Crippen MR) is 81.3 cm³/mol. The molecule has 0 saturated carbocycles. The van der Waals surface area contributed by atoms with Gasteiger partial charge < -0.3 is 10.6 Å². The Morgan fingerprint density at radius 2 is 1.90 bits per heavy atom. The van der Waals surface area contributed by atoms with Crippen LogP contribution in [0.2, 0.25) is 0 Å². The minimum Gasteiger partial charge on any atom is -0.337 e. The number of amides is 1. The van der Waals surface area contributed by atoms with Gasteiger partial charge in [0.05, 0.1) is 0 Å². The molecule has 21 heavy (non-hydrogen) atoms. The molecule has 0 bridgehead atoms. The summed E-state index contributed by atoms with van der Waals surface area (Å²) in [6, 6.07) is 12.0. The number of halogens is 1. The highest BCUT2D eigenvalue weighted by Crippen LogP contribution is 2.14. The zero-order chi connectivity index (χ0) is 15.4. The zero-order valence-corrected chi connectivity index (χ0v) is 12.3. The standard InChI is InChI=1S/C17H19FN2O/c1-12-6-7-15(18)9-16(12)17(21)20(2)11-14-5-3-4-13(8-14)10-19/h3-9H,10-11,19H2,1-2H3. The van der Waals surface area contributed by atoms with Crippen LogP contribution in [-0.4, -0.2) is 17.9 Å². The molecule has 0 unspecified atom stereocenters. The van der Waals surface area contributed by atoms with Crippen molar-refractivity contribution in [3.8, 4) is 0 Å². The van der Waals surface area contributed by atoms with Crippen LogP contribution in [0.4, 0.5) is 4.39 Å². The van der Waals surface area contributed by atoms with E-state index in [0.717, 1.165) is 16.7 Å². The first kappa shape index (κ1) is 15.2. The van der Waals surface area contributed by atoms with Gasteiger partial charge in [-0.25, -0.2) is 4.39 Å². The fraction of sp³-hybridized carbons (Fsp3) is 0.235. The second-order valence-corrected chi connectivity index (χ2v) is 5.14. The van der Waals surface area contributed by atoms with Crippen LogP contribution in [0.15, 0.2) is 42.5 Å². The van der Waals surface area contributed by atoms with Gasteiger partial charge in [0.25, 0.3) is 5.91 Å². The van der Waals surface area contributed by atoms with Gasteiger partial charge in [0.2, 0.25) is 0 Å². The summed E-state index contributed by atoms with van der Waals surface area (Å²) in [6.07, 6.45) is 0. The normalized spacial score (nSPS) is 10.5. The van der Waals surface area contributed by atoms with Crippen molar-refractivity contribution in [2.45, 2.75) is 20.0 Å². The molecule has 3 nitrogen and oxygen atoms in total. The van der Waals surface area contributed by atoms with Crippen molar-refractivity contribution in [1.29, 1.82) is 0 Å². The Bertz CT molecular complexity index is 655. The first-order valence-electron chi connectivity index (χ1n) is 6.80. The summed E-state index contributed by atoms with van der Waals surface area (Å²) in [5.74, 6) is -0.590. The number of nitrogens with zero attached hydrogens (tertiary/aromatic N) is 1. The molecule has 0 radical (unpaired) electrons. The van der Waals surface area contributed by atoms with E-state index in [1.807, 2.05) is 24.3 Å². The minimum absolute atomic E-state index is 0.190. The summed E-state index contributed by atoms with van der Waals surface area (Å²) in [6.45, 7) is 2.73. The maximum Gasteiger partial charge on any atom is 0.254 e. The van der Waals surface area contributed by atoms with E-state index in [-0.39, 0.29) is 5.91 Å². The van der Waals surface area contributed by atoms with Crippen LogP contribution in [0.5, 0.6) is 0 Å². The van der Waals surface area contributed by atoms with Gasteiger partial charge in [-0.3, -0.25) is 4.79 Å². The molecule has 0 aliphatic carbocycles. The Balaban J connectivity index is 2.17. The lowest BCUT2D eigenvalue weighted by molar-refractivity contribution is 0.0784. The largest absolute Gasteiger partial charge is 0.337 e. The quantitative estimate of drug-likeness (QED) is 0.939. The average molecular weight is 286 g/mol. The van der Waals surface area contributed by atoms with E-state index in [1.54, 1.807) is 24.9 Å². The predicted octanol–water partition coefficient (Wildman–Crippen LogP) is 2.87. The highest BCUT2D eigenvalue weighted by atomic mass is 19.1. The number of benzene rings is 2. The summed E-state index contributed by atoms with van der Waals surface area (Å²) in [7, 11) is 1.71. The van der Waals surface area contributed by atoms with Crippen molar-refractivity contribution >= 4 is 5.91 Å². The molecule has 4 heteroatoms. The molecule has 0 atom stereocenters. The van der Waals surface area contributed by atoms with E-state index in [0.29, 0.717) is 18.7 Å². The van der Waals surface area contributed by atoms with E-state index < -0.39 is 5.82 Å². The highest BCUT2D eigenvalue weighted by molar-refractivity contribution is 5.95. The fourth-order valence-corrected chi connectivity index (χ4v) is 2.23. The molecular weight excluding hydrogens is 267 g/mol. The fourth-order valence-electron chi connectivity index (χ4n) is 2.23. The van der Waals surface area contributed by atoms with Gasteiger partial charge in [-0.15, -0.1) is 0 Å². The van der Waals surface area contributed by atoms with Gasteiger partial charge in [-0.2, -0.15) is 0 Å². The molecule has 0 aliphatic heterocycles. The number of rotatable bonds is 4. The zero-order valence-electron chi connectivity index (χ0n) is 12.3. The molecule has 2 rings (SSSR count). The van der Waals surface area contributed by atoms with Crippen molar-refractivity contribution in [3.05, 3.63) is 70.5 Å². The molecule has 0 spiro atoms. The molecule has 110 valence electrons.